The summed E-state index contributed by atoms with van der Waals surface area (Å²) in [6.07, 6.45) is 10.1. The highest BCUT2D eigenvalue weighted by Gasteiger charge is 2.14. The number of nitrogens with one attached hydrogen (secondary N) is 2. The van der Waals surface area contributed by atoms with E-state index in [-0.39, 0.29) is 24.0 Å². The highest BCUT2D eigenvalue weighted by Crippen LogP contribution is 2.17. The van der Waals surface area contributed by atoms with Gasteiger partial charge in [-0.1, -0.05) is 19.3 Å². The van der Waals surface area contributed by atoms with E-state index in [4.69, 9.17) is 0 Å². The van der Waals surface area contributed by atoms with Crippen molar-refractivity contribution in [1.82, 2.24) is 15.6 Å². The lowest BCUT2D eigenvalue weighted by atomic mass is 9.96. The maximum atomic E-state index is 4.50. The lowest BCUT2D eigenvalue weighted by Gasteiger charge is -2.24. The van der Waals surface area contributed by atoms with E-state index in [1.807, 2.05) is 7.05 Å². The first-order valence-electron chi connectivity index (χ1n) is 8.16. The Kier molecular flexibility index (Phi) is 10.0. The Balaban J connectivity index is 0.00000242. The summed E-state index contributed by atoms with van der Waals surface area (Å²) in [5.41, 5.74) is 1.14. The maximum Gasteiger partial charge on any atom is 0.191 e. The smallest absolute Gasteiger partial charge is 0.191 e. The van der Waals surface area contributed by atoms with Crippen molar-refractivity contribution in [2.24, 2.45) is 4.99 Å². The predicted octanol–water partition coefficient (Wildman–Crippen LogP) is 3.89. The molecule has 0 unspecified atom stereocenters. The molecular formula is C16H29IN4S. The van der Waals surface area contributed by atoms with Gasteiger partial charge < -0.3 is 10.6 Å². The summed E-state index contributed by atoms with van der Waals surface area (Å²) >= 11 is 1.77. The summed E-state index contributed by atoms with van der Waals surface area (Å²) in [6.45, 7) is 3.04. The molecule has 126 valence electrons. The SMILES string of the molecule is CN=C(NCCCCc1nc(C)cs1)NC1CCCCC1.I. The van der Waals surface area contributed by atoms with Crippen LogP contribution in [0.3, 0.4) is 0 Å². The van der Waals surface area contributed by atoms with E-state index in [1.165, 1.54) is 43.5 Å². The number of halogens is 1. The van der Waals surface area contributed by atoms with Crippen LogP contribution in [0.25, 0.3) is 0 Å². The van der Waals surface area contributed by atoms with E-state index < -0.39 is 0 Å². The summed E-state index contributed by atoms with van der Waals surface area (Å²) < 4.78 is 0. The second kappa shape index (κ2) is 11.2. The Hall–Kier alpha value is -0.370. The van der Waals surface area contributed by atoms with Crippen molar-refractivity contribution in [2.45, 2.75) is 64.3 Å². The first-order chi connectivity index (χ1) is 10.3. The number of hydrogen-bond acceptors (Lipinski definition) is 3. The molecule has 0 saturated heterocycles. The van der Waals surface area contributed by atoms with Crippen LogP contribution in [0.2, 0.25) is 0 Å². The summed E-state index contributed by atoms with van der Waals surface area (Å²) in [5, 5.41) is 10.4. The Labute approximate surface area is 155 Å². The number of aromatic nitrogens is 1. The van der Waals surface area contributed by atoms with E-state index in [0.717, 1.165) is 31.0 Å². The van der Waals surface area contributed by atoms with Crippen LogP contribution >= 0.6 is 35.3 Å². The molecule has 1 aromatic heterocycles. The molecule has 0 atom stereocenters. The fourth-order valence-electron chi connectivity index (χ4n) is 2.76. The minimum atomic E-state index is 0. The number of aryl methyl sites for hydroxylation is 2. The van der Waals surface area contributed by atoms with Crippen LogP contribution in [-0.4, -0.2) is 30.6 Å². The van der Waals surface area contributed by atoms with Crippen molar-refractivity contribution < 1.29 is 0 Å². The quantitative estimate of drug-likeness (QED) is 0.308. The monoisotopic (exact) mass is 436 g/mol. The van der Waals surface area contributed by atoms with Crippen LogP contribution in [0.15, 0.2) is 10.4 Å². The summed E-state index contributed by atoms with van der Waals surface area (Å²) in [7, 11) is 1.86. The van der Waals surface area contributed by atoms with Crippen LogP contribution < -0.4 is 10.6 Å². The van der Waals surface area contributed by atoms with Gasteiger partial charge in [-0.05, 0) is 39.0 Å². The van der Waals surface area contributed by atoms with Gasteiger partial charge in [0, 0.05) is 30.7 Å². The topological polar surface area (TPSA) is 49.3 Å². The molecule has 0 aliphatic heterocycles. The normalized spacial score (nSPS) is 16.2. The van der Waals surface area contributed by atoms with Gasteiger partial charge in [-0.25, -0.2) is 4.98 Å². The van der Waals surface area contributed by atoms with Crippen molar-refractivity contribution in [3.63, 3.8) is 0 Å². The Morgan fingerprint density at radius 2 is 2.09 bits per heavy atom. The highest BCUT2D eigenvalue weighted by molar-refractivity contribution is 14.0. The van der Waals surface area contributed by atoms with E-state index in [9.17, 15) is 0 Å². The van der Waals surface area contributed by atoms with Crippen molar-refractivity contribution in [3.8, 4) is 0 Å². The van der Waals surface area contributed by atoms with E-state index in [0.29, 0.717) is 6.04 Å². The number of unbranched alkanes of at least 4 members (excludes halogenated alkanes) is 1. The largest absolute Gasteiger partial charge is 0.356 e. The molecule has 6 heteroatoms. The summed E-state index contributed by atoms with van der Waals surface area (Å²) in [5.74, 6) is 0.965. The molecule has 4 nitrogen and oxygen atoms in total. The van der Waals surface area contributed by atoms with Crippen molar-refractivity contribution in [2.75, 3.05) is 13.6 Å². The lowest BCUT2D eigenvalue weighted by molar-refractivity contribution is 0.410. The van der Waals surface area contributed by atoms with Gasteiger partial charge in [0.05, 0.1) is 5.01 Å². The number of rotatable bonds is 6. The van der Waals surface area contributed by atoms with Gasteiger partial charge in [0.25, 0.3) is 0 Å². The average Bonchev–Trinajstić information content (AvgIpc) is 2.92. The second-order valence-electron chi connectivity index (χ2n) is 5.82. The minimum absolute atomic E-state index is 0. The van der Waals surface area contributed by atoms with Crippen LogP contribution in [0.1, 0.15) is 55.6 Å². The molecule has 1 fully saturated rings. The first-order valence-corrected chi connectivity index (χ1v) is 9.04. The van der Waals surface area contributed by atoms with Crippen LogP contribution in [0.5, 0.6) is 0 Å². The molecule has 1 saturated carbocycles. The molecule has 1 aromatic rings. The standard InChI is InChI=1S/C16H28N4S.HI/c1-13-12-21-15(19-13)10-6-7-11-18-16(17-2)20-14-8-4-3-5-9-14;/h12,14H,3-11H2,1-2H3,(H2,17,18,20);1H. The van der Waals surface area contributed by atoms with Gasteiger partial charge in [-0.3, -0.25) is 4.99 Å². The molecule has 0 bridgehead atoms. The third kappa shape index (κ3) is 7.26. The van der Waals surface area contributed by atoms with Crippen LogP contribution in [-0.2, 0) is 6.42 Å². The molecule has 1 aliphatic carbocycles. The maximum absolute atomic E-state index is 4.50. The molecule has 22 heavy (non-hydrogen) atoms. The molecular weight excluding hydrogens is 407 g/mol. The average molecular weight is 436 g/mol. The third-order valence-electron chi connectivity index (χ3n) is 3.95. The van der Waals surface area contributed by atoms with Crippen molar-refractivity contribution in [3.05, 3.63) is 16.1 Å². The molecule has 0 aromatic carbocycles. The number of thiazole rings is 1. The number of guanidine groups is 1. The van der Waals surface area contributed by atoms with Gasteiger partial charge in [0.2, 0.25) is 0 Å². The highest BCUT2D eigenvalue weighted by atomic mass is 127. The predicted molar refractivity (Wildman–Crippen MR) is 107 cm³/mol. The zero-order chi connectivity index (χ0) is 14.9. The zero-order valence-corrected chi connectivity index (χ0v) is 16.9. The van der Waals surface area contributed by atoms with Crippen LogP contribution in [0, 0.1) is 6.92 Å². The molecule has 0 spiro atoms. The number of nitrogens with zero attached hydrogens (tertiary/aromatic N) is 2. The summed E-state index contributed by atoms with van der Waals surface area (Å²) in [6, 6.07) is 0.614. The van der Waals surface area contributed by atoms with Gasteiger partial charge in [0.1, 0.15) is 0 Å². The third-order valence-corrected chi connectivity index (χ3v) is 4.97. The summed E-state index contributed by atoms with van der Waals surface area (Å²) in [4.78, 5) is 8.82. The van der Waals surface area contributed by atoms with Gasteiger partial charge in [0.15, 0.2) is 5.96 Å². The van der Waals surface area contributed by atoms with Gasteiger partial charge in [-0.2, -0.15) is 0 Å². The minimum Gasteiger partial charge on any atom is -0.356 e. The number of aliphatic imine (C=N–C) groups is 1. The van der Waals surface area contributed by atoms with E-state index in [1.54, 1.807) is 11.3 Å². The fraction of sp³-hybridized carbons (Fsp3) is 0.750. The Bertz CT molecular complexity index is 441. The van der Waals surface area contributed by atoms with Gasteiger partial charge in [-0.15, -0.1) is 35.3 Å². The van der Waals surface area contributed by atoms with Crippen LogP contribution in [0.4, 0.5) is 0 Å². The van der Waals surface area contributed by atoms with Crippen molar-refractivity contribution >= 4 is 41.3 Å². The lowest BCUT2D eigenvalue weighted by Crippen LogP contribution is -2.44. The first kappa shape index (κ1) is 19.7. The fourth-order valence-corrected chi connectivity index (χ4v) is 3.58. The molecule has 0 amide bonds. The van der Waals surface area contributed by atoms with E-state index in [2.05, 4.69) is 32.9 Å². The zero-order valence-electron chi connectivity index (χ0n) is 13.7. The molecule has 1 heterocycles. The molecule has 2 N–H and O–H groups in total. The Morgan fingerprint density at radius 3 is 2.73 bits per heavy atom. The molecule has 0 radical (unpaired) electrons. The van der Waals surface area contributed by atoms with E-state index >= 15 is 0 Å². The van der Waals surface area contributed by atoms with Gasteiger partial charge >= 0.3 is 0 Å². The Morgan fingerprint density at radius 1 is 1.32 bits per heavy atom. The molecule has 1 aliphatic rings. The number of hydrogen-bond donors (Lipinski definition) is 2. The second-order valence-corrected chi connectivity index (χ2v) is 6.76. The van der Waals surface area contributed by atoms with Crippen molar-refractivity contribution in [1.29, 1.82) is 0 Å². The molecule has 2 rings (SSSR count).